The highest BCUT2D eigenvalue weighted by Crippen LogP contribution is 2.29. The van der Waals surface area contributed by atoms with Crippen molar-refractivity contribution in [3.8, 4) is 0 Å². The van der Waals surface area contributed by atoms with Crippen LogP contribution in [0.3, 0.4) is 0 Å². The van der Waals surface area contributed by atoms with Gasteiger partial charge in [0.25, 0.3) is 5.91 Å². The summed E-state index contributed by atoms with van der Waals surface area (Å²) in [6.45, 7) is 4.28. The number of amides is 1. The van der Waals surface area contributed by atoms with E-state index in [2.05, 4.69) is 19.2 Å². The van der Waals surface area contributed by atoms with Gasteiger partial charge in [-0.05, 0) is 37.8 Å². The van der Waals surface area contributed by atoms with Crippen LogP contribution in [0, 0.1) is 6.92 Å². The molecule has 0 aromatic carbocycles. The maximum Gasteiger partial charge on any atom is 0.261 e. The minimum atomic E-state index is -0.391. The van der Waals surface area contributed by atoms with Crippen molar-refractivity contribution in [1.82, 2.24) is 5.32 Å². The highest BCUT2D eigenvalue weighted by molar-refractivity contribution is 7.14. The molecule has 112 valence electrons. The number of nitrogens with one attached hydrogen (secondary N) is 1. The van der Waals surface area contributed by atoms with Crippen molar-refractivity contribution in [2.45, 2.75) is 64.3 Å². The molecule has 4 heteroatoms. The lowest BCUT2D eigenvalue weighted by molar-refractivity contribution is 0.0762. The summed E-state index contributed by atoms with van der Waals surface area (Å²) in [5, 5.41) is 12.8. The summed E-state index contributed by atoms with van der Waals surface area (Å²) < 4.78 is 0. The molecule has 0 atom stereocenters. The van der Waals surface area contributed by atoms with E-state index in [1.54, 1.807) is 11.3 Å². The van der Waals surface area contributed by atoms with Crippen LogP contribution in [-0.2, 0) is 6.42 Å². The summed E-state index contributed by atoms with van der Waals surface area (Å²) in [6.07, 6.45) is 7.29. The van der Waals surface area contributed by atoms with E-state index in [4.69, 9.17) is 0 Å². The minimum absolute atomic E-state index is 0.0172. The largest absolute Gasteiger partial charge is 0.394 e. The Morgan fingerprint density at radius 1 is 1.40 bits per heavy atom. The van der Waals surface area contributed by atoms with Gasteiger partial charge in [0.1, 0.15) is 0 Å². The Morgan fingerprint density at radius 2 is 2.10 bits per heavy atom. The zero-order valence-electron chi connectivity index (χ0n) is 12.5. The van der Waals surface area contributed by atoms with Gasteiger partial charge in [-0.15, -0.1) is 11.3 Å². The number of aryl methyl sites for hydroxylation is 2. The number of rotatable bonds is 5. The lowest BCUT2D eigenvalue weighted by Gasteiger charge is -2.36. The van der Waals surface area contributed by atoms with Gasteiger partial charge < -0.3 is 10.4 Å². The predicted octanol–water partition coefficient (Wildman–Crippen LogP) is 3.43. The third-order valence-corrected chi connectivity index (χ3v) is 5.35. The monoisotopic (exact) mass is 295 g/mol. The Bertz CT molecular complexity index is 461. The lowest BCUT2D eigenvalue weighted by Crippen LogP contribution is -2.52. The molecule has 2 N–H and O–H groups in total. The Balaban J connectivity index is 2.08. The molecule has 1 saturated carbocycles. The normalized spacial score (nSPS) is 17.9. The number of carbonyl (C=O) groups is 1. The molecule has 2 rings (SSSR count). The van der Waals surface area contributed by atoms with Crippen LogP contribution >= 0.6 is 11.3 Å². The Hall–Kier alpha value is -0.870. The first-order valence-corrected chi connectivity index (χ1v) is 8.44. The van der Waals surface area contributed by atoms with Crippen LogP contribution in [-0.4, -0.2) is 23.2 Å². The van der Waals surface area contributed by atoms with Crippen molar-refractivity contribution in [1.29, 1.82) is 0 Å². The van der Waals surface area contributed by atoms with E-state index in [-0.39, 0.29) is 12.5 Å². The van der Waals surface area contributed by atoms with E-state index in [1.807, 2.05) is 6.07 Å². The second-order valence-electron chi connectivity index (χ2n) is 5.90. The van der Waals surface area contributed by atoms with Crippen molar-refractivity contribution < 1.29 is 9.90 Å². The fraction of sp³-hybridized carbons (Fsp3) is 0.688. The number of aliphatic hydroxyl groups excluding tert-OH is 1. The van der Waals surface area contributed by atoms with Gasteiger partial charge in [-0.2, -0.15) is 0 Å². The van der Waals surface area contributed by atoms with Crippen LogP contribution in [0.25, 0.3) is 0 Å². The van der Waals surface area contributed by atoms with Gasteiger partial charge >= 0.3 is 0 Å². The smallest absolute Gasteiger partial charge is 0.261 e. The maximum atomic E-state index is 12.4. The molecule has 1 heterocycles. The van der Waals surface area contributed by atoms with E-state index in [9.17, 15) is 9.90 Å². The molecule has 1 aromatic heterocycles. The second-order valence-corrected chi connectivity index (χ2v) is 7.15. The number of hydrogen-bond acceptors (Lipinski definition) is 3. The lowest BCUT2D eigenvalue weighted by atomic mass is 9.82. The summed E-state index contributed by atoms with van der Waals surface area (Å²) >= 11 is 1.57. The van der Waals surface area contributed by atoms with Gasteiger partial charge in [-0.1, -0.05) is 32.6 Å². The van der Waals surface area contributed by atoms with Crippen molar-refractivity contribution >= 4 is 17.2 Å². The molecule has 0 unspecified atom stereocenters. The molecular weight excluding hydrogens is 270 g/mol. The van der Waals surface area contributed by atoms with Gasteiger partial charge in [0.05, 0.1) is 17.0 Å². The van der Waals surface area contributed by atoms with Gasteiger partial charge in [-0.3, -0.25) is 4.79 Å². The zero-order chi connectivity index (χ0) is 14.6. The van der Waals surface area contributed by atoms with Crippen LogP contribution in [0.2, 0.25) is 0 Å². The summed E-state index contributed by atoms with van der Waals surface area (Å²) in [7, 11) is 0. The fourth-order valence-electron chi connectivity index (χ4n) is 3.00. The summed E-state index contributed by atoms with van der Waals surface area (Å²) in [4.78, 5) is 14.5. The molecule has 0 aliphatic heterocycles. The molecular formula is C16H25NO2S. The van der Waals surface area contributed by atoms with Crippen molar-refractivity contribution in [3.63, 3.8) is 0 Å². The highest BCUT2D eigenvalue weighted by Gasteiger charge is 2.33. The molecule has 1 aromatic rings. The third-order valence-electron chi connectivity index (χ3n) is 4.26. The summed E-state index contributed by atoms with van der Waals surface area (Å²) in [5.74, 6) is -0.0172. The fourth-order valence-corrected chi connectivity index (χ4v) is 3.97. The van der Waals surface area contributed by atoms with E-state index < -0.39 is 5.54 Å². The summed E-state index contributed by atoms with van der Waals surface area (Å²) in [5.41, 5.74) is 0.891. The quantitative estimate of drug-likeness (QED) is 0.874. The number of hydrogen-bond donors (Lipinski definition) is 2. The van der Waals surface area contributed by atoms with Crippen LogP contribution in [0.1, 0.15) is 65.6 Å². The Labute approximate surface area is 125 Å². The highest BCUT2D eigenvalue weighted by atomic mass is 32.1. The molecule has 1 amide bonds. The van der Waals surface area contributed by atoms with Gasteiger partial charge in [0, 0.05) is 4.88 Å². The SMILES string of the molecule is CCCc1cc(C(=O)NC2(CO)CCCCC2)sc1C. The number of carbonyl (C=O) groups excluding carboxylic acids is 1. The average Bonchev–Trinajstić information content (AvgIpc) is 2.82. The van der Waals surface area contributed by atoms with Crippen LogP contribution < -0.4 is 5.32 Å². The predicted molar refractivity (Wildman–Crippen MR) is 83.4 cm³/mol. The topological polar surface area (TPSA) is 49.3 Å². The first kappa shape index (κ1) is 15.5. The summed E-state index contributed by atoms with van der Waals surface area (Å²) in [6, 6.07) is 2.02. The van der Waals surface area contributed by atoms with Gasteiger partial charge in [0.15, 0.2) is 0 Å². The first-order valence-electron chi connectivity index (χ1n) is 7.63. The van der Waals surface area contributed by atoms with Crippen molar-refractivity contribution in [2.75, 3.05) is 6.61 Å². The third kappa shape index (κ3) is 3.41. The van der Waals surface area contributed by atoms with Crippen LogP contribution in [0.4, 0.5) is 0 Å². The molecule has 0 radical (unpaired) electrons. The molecule has 0 bridgehead atoms. The first-order chi connectivity index (χ1) is 9.60. The van der Waals surface area contributed by atoms with E-state index in [1.165, 1.54) is 16.9 Å². The van der Waals surface area contributed by atoms with E-state index >= 15 is 0 Å². The molecule has 0 saturated heterocycles. The molecule has 1 aliphatic carbocycles. The van der Waals surface area contributed by atoms with E-state index in [0.717, 1.165) is 43.4 Å². The zero-order valence-corrected chi connectivity index (χ0v) is 13.3. The molecule has 1 fully saturated rings. The molecule has 20 heavy (non-hydrogen) atoms. The molecule has 1 aliphatic rings. The average molecular weight is 295 g/mol. The standard InChI is InChI=1S/C16H25NO2S/c1-3-7-13-10-14(20-12(13)2)15(19)17-16(11-18)8-5-4-6-9-16/h10,18H,3-9,11H2,1-2H3,(H,17,19). The number of aliphatic hydroxyl groups is 1. The molecule has 3 nitrogen and oxygen atoms in total. The van der Waals surface area contributed by atoms with E-state index in [0.29, 0.717) is 0 Å². The van der Waals surface area contributed by atoms with Gasteiger partial charge in [0.2, 0.25) is 0 Å². The van der Waals surface area contributed by atoms with Gasteiger partial charge in [-0.25, -0.2) is 0 Å². The second kappa shape index (κ2) is 6.72. The van der Waals surface area contributed by atoms with Crippen LogP contribution in [0.15, 0.2) is 6.07 Å². The van der Waals surface area contributed by atoms with Crippen LogP contribution in [0.5, 0.6) is 0 Å². The maximum absolute atomic E-state index is 12.4. The number of thiophene rings is 1. The minimum Gasteiger partial charge on any atom is -0.394 e. The van der Waals surface area contributed by atoms with Crippen molar-refractivity contribution in [3.05, 3.63) is 21.4 Å². The molecule has 0 spiro atoms. The Kier molecular flexibility index (Phi) is 5.22. The van der Waals surface area contributed by atoms with Crippen molar-refractivity contribution in [2.24, 2.45) is 0 Å². The Morgan fingerprint density at radius 3 is 2.70 bits per heavy atom.